The topological polar surface area (TPSA) is 42.4 Å². The zero-order valence-electron chi connectivity index (χ0n) is 12.6. The van der Waals surface area contributed by atoms with Gasteiger partial charge in [0.15, 0.2) is 0 Å². The number of nitrogens with zero attached hydrogens (tertiary/aromatic N) is 2. The minimum atomic E-state index is -2.65. The second kappa shape index (κ2) is 5.91. The van der Waals surface area contributed by atoms with Crippen LogP contribution in [0.4, 0.5) is 8.78 Å². The second-order valence-electron chi connectivity index (χ2n) is 6.04. The molecule has 0 unspecified atom stereocenters. The summed E-state index contributed by atoms with van der Waals surface area (Å²) in [6.45, 7) is 4.15. The lowest BCUT2D eigenvalue weighted by molar-refractivity contribution is -0.160. The van der Waals surface area contributed by atoms with E-state index < -0.39 is 11.8 Å². The maximum absolute atomic E-state index is 12.9. The van der Waals surface area contributed by atoms with Crippen LogP contribution < -0.4 is 0 Å². The molecule has 0 saturated heterocycles. The van der Waals surface area contributed by atoms with Crippen molar-refractivity contribution in [3.8, 4) is 0 Å². The van der Waals surface area contributed by atoms with Gasteiger partial charge < -0.3 is 9.64 Å². The average molecular weight is 310 g/mol. The highest BCUT2D eigenvalue weighted by Crippen LogP contribution is 2.43. The van der Waals surface area contributed by atoms with Gasteiger partial charge in [0.1, 0.15) is 0 Å². The highest BCUT2D eigenvalue weighted by molar-refractivity contribution is 5.80. The first kappa shape index (κ1) is 15.3. The second-order valence-corrected chi connectivity index (χ2v) is 6.04. The highest BCUT2D eigenvalue weighted by Gasteiger charge is 2.49. The quantitative estimate of drug-likeness (QED) is 0.858. The normalized spacial score (nSPS) is 20.4. The Morgan fingerprint density at radius 1 is 1.45 bits per heavy atom. The lowest BCUT2D eigenvalue weighted by atomic mass is 9.80. The van der Waals surface area contributed by atoms with Crippen molar-refractivity contribution in [2.75, 3.05) is 13.2 Å². The van der Waals surface area contributed by atoms with E-state index in [0.717, 1.165) is 17.5 Å². The highest BCUT2D eigenvalue weighted by atomic mass is 19.3. The number of alkyl halides is 2. The third-order valence-corrected chi connectivity index (χ3v) is 4.44. The summed E-state index contributed by atoms with van der Waals surface area (Å²) in [4.78, 5) is 18.2. The first-order chi connectivity index (χ1) is 10.5. The number of carbonyl (C=O) groups is 1. The van der Waals surface area contributed by atoms with E-state index in [0.29, 0.717) is 26.3 Å². The Morgan fingerprint density at radius 2 is 2.23 bits per heavy atom. The summed E-state index contributed by atoms with van der Waals surface area (Å²) in [6.07, 6.45) is 3.68. The monoisotopic (exact) mass is 310 g/mol. The molecule has 1 amide bonds. The van der Waals surface area contributed by atoms with Gasteiger partial charge in [-0.1, -0.05) is 0 Å². The minimum absolute atomic E-state index is 0.146. The lowest BCUT2D eigenvalue weighted by Gasteiger charge is -2.39. The van der Waals surface area contributed by atoms with Gasteiger partial charge in [0.2, 0.25) is 11.8 Å². The molecule has 6 heteroatoms. The molecule has 0 bridgehead atoms. The fraction of sp³-hybridized carbons (Fsp3) is 0.625. The van der Waals surface area contributed by atoms with Crippen LogP contribution in [-0.4, -0.2) is 34.9 Å². The third-order valence-electron chi connectivity index (χ3n) is 4.44. The molecule has 1 saturated carbocycles. The zero-order chi connectivity index (χ0) is 15.7. The fourth-order valence-corrected chi connectivity index (χ4v) is 3.19. The zero-order valence-corrected chi connectivity index (χ0v) is 12.6. The van der Waals surface area contributed by atoms with Gasteiger partial charge in [0.25, 0.3) is 0 Å². The minimum Gasteiger partial charge on any atom is -0.377 e. The number of hydrogen-bond donors (Lipinski definition) is 0. The molecule has 1 aliphatic carbocycles. The number of hydrogen-bond acceptors (Lipinski definition) is 3. The van der Waals surface area contributed by atoms with E-state index in [2.05, 4.69) is 4.98 Å². The van der Waals surface area contributed by atoms with Gasteiger partial charge in [0, 0.05) is 50.8 Å². The number of amides is 1. The molecule has 0 radical (unpaired) electrons. The summed E-state index contributed by atoms with van der Waals surface area (Å²) in [5.41, 5.74) is 3.25. The van der Waals surface area contributed by atoms with Crippen LogP contribution >= 0.6 is 0 Å². The summed E-state index contributed by atoms with van der Waals surface area (Å²) in [7, 11) is 0. The van der Waals surface area contributed by atoms with Gasteiger partial charge in [-0.25, -0.2) is 8.78 Å². The van der Waals surface area contributed by atoms with Crippen LogP contribution in [0.2, 0.25) is 0 Å². The number of ether oxygens (including phenoxy) is 1. The van der Waals surface area contributed by atoms with Crippen LogP contribution in [0.15, 0.2) is 12.4 Å². The third kappa shape index (κ3) is 2.97. The molecule has 2 heterocycles. The Morgan fingerprint density at radius 3 is 2.91 bits per heavy atom. The van der Waals surface area contributed by atoms with E-state index in [-0.39, 0.29) is 18.7 Å². The molecule has 0 aromatic carbocycles. The molecule has 22 heavy (non-hydrogen) atoms. The van der Waals surface area contributed by atoms with Crippen LogP contribution in [0.25, 0.3) is 0 Å². The van der Waals surface area contributed by atoms with Crippen molar-refractivity contribution in [2.24, 2.45) is 5.92 Å². The fourth-order valence-electron chi connectivity index (χ4n) is 3.19. The summed E-state index contributed by atoms with van der Waals surface area (Å²) in [5, 5.41) is 0. The van der Waals surface area contributed by atoms with Crippen LogP contribution in [0.3, 0.4) is 0 Å². The van der Waals surface area contributed by atoms with E-state index >= 15 is 0 Å². The summed E-state index contributed by atoms with van der Waals surface area (Å²) in [6, 6.07) is 0. The summed E-state index contributed by atoms with van der Waals surface area (Å²) >= 11 is 0. The van der Waals surface area contributed by atoms with E-state index in [1.807, 2.05) is 6.92 Å². The van der Waals surface area contributed by atoms with Crippen LogP contribution in [0.1, 0.15) is 36.5 Å². The molecular weight excluding hydrogens is 290 g/mol. The first-order valence-electron chi connectivity index (χ1n) is 7.69. The molecule has 120 valence electrons. The van der Waals surface area contributed by atoms with Crippen molar-refractivity contribution in [2.45, 2.75) is 45.3 Å². The van der Waals surface area contributed by atoms with Gasteiger partial charge in [0.05, 0.1) is 6.61 Å². The van der Waals surface area contributed by atoms with Gasteiger partial charge in [-0.3, -0.25) is 9.78 Å². The van der Waals surface area contributed by atoms with Gasteiger partial charge in [-0.2, -0.15) is 0 Å². The van der Waals surface area contributed by atoms with E-state index in [1.54, 1.807) is 17.3 Å². The number of pyridine rings is 1. The first-order valence-corrected chi connectivity index (χ1v) is 7.69. The summed E-state index contributed by atoms with van der Waals surface area (Å²) < 4.78 is 31.3. The van der Waals surface area contributed by atoms with Crippen LogP contribution in [-0.2, 0) is 29.1 Å². The molecule has 3 rings (SSSR count). The maximum Gasteiger partial charge on any atom is 0.249 e. The maximum atomic E-state index is 12.9. The smallest absolute Gasteiger partial charge is 0.249 e. The predicted molar refractivity (Wildman–Crippen MR) is 76.4 cm³/mol. The number of fused-ring (bicyclic) bond motifs is 1. The molecule has 1 aliphatic heterocycles. The molecule has 4 nitrogen and oxygen atoms in total. The molecular formula is C16H20F2N2O2. The van der Waals surface area contributed by atoms with Gasteiger partial charge in [-0.05, 0) is 30.0 Å². The Bertz CT molecular complexity index is 569. The molecule has 0 spiro atoms. The number of carbonyl (C=O) groups excluding carboxylic acids is 1. The molecule has 1 aromatic heterocycles. The molecule has 1 fully saturated rings. The average Bonchev–Trinajstić information content (AvgIpc) is 2.49. The molecule has 0 atom stereocenters. The lowest BCUT2D eigenvalue weighted by Crippen LogP contribution is -2.48. The van der Waals surface area contributed by atoms with Crippen molar-refractivity contribution in [1.82, 2.24) is 9.88 Å². The van der Waals surface area contributed by atoms with E-state index in [9.17, 15) is 13.6 Å². The predicted octanol–water partition coefficient (Wildman–Crippen LogP) is 2.55. The molecule has 1 aromatic rings. The standard InChI is InChI=1S/C16H20F2N2O2/c1-2-22-10-13-8-19-7-12-9-20(4-3-14(12)13)15(21)11-5-16(17,18)6-11/h7-8,11H,2-6,9-10H2,1H3. The Balaban J connectivity index is 1.68. The summed E-state index contributed by atoms with van der Waals surface area (Å²) in [5.74, 6) is -3.32. The number of aromatic nitrogens is 1. The van der Waals surface area contributed by atoms with Crippen molar-refractivity contribution in [1.29, 1.82) is 0 Å². The number of halogens is 2. The van der Waals surface area contributed by atoms with E-state index in [4.69, 9.17) is 4.74 Å². The van der Waals surface area contributed by atoms with Crippen molar-refractivity contribution >= 4 is 5.91 Å². The Labute approximate surface area is 128 Å². The number of rotatable bonds is 4. The van der Waals surface area contributed by atoms with Crippen molar-refractivity contribution in [3.63, 3.8) is 0 Å². The molecule has 2 aliphatic rings. The SMILES string of the molecule is CCOCc1cncc2c1CCN(C(=O)C1CC(F)(F)C1)C2. The van der Waals surface area contributed by atoms with Crippen LogP contribution in [0, 0.1) is 5.92 Å². The molecule has 0 N–H and O–H groups in total. The Kier molecular flexibility index (Phi) is 4.12. The largest absolute Gasteiger partial charge is 0.377 e. The van der Waals surface area contributed by atoms with Crippen LogP contribution in [0.5, 0.6) is 0 Å². The van der Waals surface area contributed by atoms with Gasteiger partial charge >= 0.3 is 0 Å². The van der Waals surface area contributed by atoms with E-state index in [1.165, 1.54) is 5.56 Å². The van der Waals surface area contributed by atoms with Crippen molar-refractivity contribution in [3.05, 3.63) is 29.1 Å². The van der Waals surface area contributed by atoms with Crippen molar-refractivity contribution < 1.29 is 18.3 Å². The Hall–Kier alpha value is -1.56. The van der Waals surface area contributed by atoms with Gasteiger partial charge in [-0.15, -0.1) is 0 Å².